The number of ether oxygens (including phenoxy) is 1. The van der Waals surface area contributed by atoms with Gasteiger partial charge in [0.15, 0.2) is 11.6 Å². The van der Waals surface area contributed by atoms with Crippen LogP contribution in [0.25, 0.3) is 10.8 Å². The lowest BCUT2D eigenvalue weighted by atomic mass is 9.63. The maximum absolute atomic E-state index is 14.9. The van der Waals surface area contributed by atoms with Crippen LogP contribution in [0.1, 0.15) is 76.2 Å². The first kappa shape index (κ1) is 19.7. The second kappa shape index (κ2) is 8.39. The molecular formula is C25H32F2O. The highest BCUT2D eigenvalue weighted by atomic mass is 19.1. The Balaban J connectivity index is 1.51. The van der Waals surface area contributed by atoms with E-state index in [1.165, 1.54) is 58.1 Å². The summed E-state index contributed by atoms with van der Waals surface area (Å²) in [4.78, 5) is 0. The molecule has 0 aliphatic heterocycles. The molecule has 0 radical (unpaired) electrons. The fourth-order valence-electron chi connectivity index (χ4n) is 5.80. The van der Waals surface area contributed by atoms with Crippen LogP contribution >= 0.6 is 0 Å². The molecule has 0 spiro atoms. The normalized spacial score (nSPS) is 27.6. The number of rotatable bonds is 5. The fourth-order valence-corrected chi connectivity index (χ4v) is 5.80. The second-order valence-electron chi connectivity index (χ2n) is 9.03. The summed E-state index contributed by atoms with van der Waals surface area (Å²) < 4.78 is 34.5. The van der Waals surface area contributed by atoms with Gasteiger partial charge in [0.2, 0.25) is 0 Å². The third-order valence-electron chi connectivity index (χ3n) is 7.38. The van der Waals surface area contributed by atoms with Crippen molar-refractivity contribution in [2.24, 2.45) is 17.8 Å². The van der Waals surface area contributed by atoms with Crippen LogP contribution in [0.3, 0.4) is 0 Å². The van der Waals surface area contributed by atoms with Crippen molar-refractivity contribution in [3.8, 4) is 5.75 Å². The summed E-state index contributed by atoms with van der Waals surface area (Å²) in [5.41, 5.74) is 0.781. The minimum atomic E-state index is -0.473. The van der Waals surface area contributed by atoms with E-state index in [9.17, 15) is 8.78 Å². The molecule has 1 nitrogen and oxygen atoms in total. The number of hydrogen-bond donors (Lipinski definition) is 0. The topological polar surface area (TPSA) is 9.23 Å². The fraction of sp³-hybridized carbons (Fsp3) is 0.600. The van der Waals surface area contributed by atoms with E-state index in [0.717, 1.165) is 41.5 Å². The van der Waals surface area contributed by atoms with Gasteiger partial charge in [0, 0.05) is 5.39 Å². The number of hydrogen-bond acceptors (Lipinski definition) is 1. The van der Waals surface area contributed by atoms with Gasteiger partial charge in [0.05, 0.1) is 7.11 Å². The predicted molar refractivity (Wildman–Crippen MR) is 111 cm³/mol. The zero-order valence-electron chi connectivity index (χ0n) is 17.1. The van der Waals surface area contributed by atoms with Gasteiger partial charge in [-0.25, -0.2) is 8.78 Å². The lowest BCUT2D eigenvalue weighted by molar-refractivity contribution is 0.112. The van der Waals surface area contributed by atoms with Crippen LogP contribution in [0, 0.1) is 29.4 Å². The highest BCUT2D eigenvalue weighted by Crippen LogP contribution is 2.49. The van der Waals surface area contributed by atoms with Crippen molar-refractivity contribution in [2.45, 2.75) is 70.6 Å². The summed E-state index contributed by atoms with van der Waals surface area (Å²) >= 11 is 0. The van der Waals surface area contributed by atoms with Gasteiger partial charge >= 0.3 is 0 Å². The van der Waals surface area contributed by atoms with E-state index in [2.05, 4.69) is 6.92 Å². The largest absolute Gasteiger partial charge is 0.494 e. The molecule has 4 atom stereocenters. The molecule has 0 heterocycles. The summed E-state index contributed by atoms with van der Waals surface area (Å²) in [5, 5.41) is 1.07. The summed E-state index contributed by atoms with van der Waals surface area (Å²) in [6.07, 6.45) is 11.4. The van der Waals surface area contributed by atoms with Crippen molar-refractivity contribution in [3.05, 3.63) is 41.5 Å². The van der Waals surface area contributed by atoms with Crippen molar-refractivity contribution in [1.82, 2.24) is 0 Å². The molecule has 4 unspecified atom stereocenters. The zero-order chi connectivity index (χ0) is 19.7. The molecule has 0 bridgehead atoms. The quantitative estimate of drug-likeness (QED) is 0.513. The Kier molecular flexibility index (Phi) is 5.89. The van der Waals surface area contributed by atoms with Gasteiger partial charge in [0.25, 0.3) is 0 Å². The maximum Gasteiger partial charge on any atom is 0.172 e. The standard InChI is InChI=1S/C25H32F2O/c1-3-4-5-16-6-7-18-13-19(9-8-17(18)12-16)21-14-20-10-11-24(28-2)25(27)22(20)15-23(21)26/h10-11,14-19H,3-9,12-13H2,1-2H3. The van der Waals surface area contributed by atoms with E-state index in [4.69, 9.17) is 4.74 Å². The third kappa shape index (κ3) is 3.77. The van der Waals surface area contributed by atoms with E-state index in [-0.39, 0.29) is 17.5 Å². The molecule has 0 amide bonds. The number of halogens is 2. The van der Waals surface area contributed by atoms with E-state index in [1.807, 2.05) is 12.1 Å². The Bertz CT molecular complexity index is 831. The maximum atomic E-state index is 14.9. The summed E-state index contributed by atoms with van der Waals surface area (Å²) in [6, 6.07) is 6.72. The smallest absolute Gasteiger partial charge is 0.172 e. The van der Waals surface area contributed by atoms with Crippen molar-refractivity contribution < 1.29 is 13.5 Å². The lowest BCUT2D eigenvalue weighted by Gasteiger charge is -2.42. The van der Waals surface area contributed by atoms with Crippen molar-refractivity contribution in [1.29, 1.82) is 0 Å². The average Bonchev–Trinajstić information content (AvgIpc) is 2.72. The van der Waals surface area contributed by atoms with Crippen LogP contribution in [0.4, 0.5) is 8.78 Å². The molecular weight excluding hydrogens is 354 g/mol. The Hall–Kier alpha value is -1.64. The van der Waals surface area contributed by atoms with Gasteiger partial charge in [-0.3, -0.25) is 0 Å². The lowest BCUT2D eigenvalue weighted by Crippen LogP contribution is -2.30. The van der Waals surface area contributed by atoms with E-state index in [0.29, 0.717) is 5.39 Å². The first-order chi connectivity index (χ1) is 13.6. The third-order valence-corrected chi connectivity index (χ3v) is 7.38. The van der Waals surface area contributed by atoms with Crippen molar-refractivity contribution in [3.63, 3.8) is 0 Å². The van der Waals surface area contributed by atoms with Gasteiger partial charge in [0.1, 0.15) is 5.82 Å². The van der Waals surface area contributed by atoms with Crippen molar-refractivity contribution in [2.75, 3.05) is 7.11 Å². The Morgan fingerprint density at radius 1 is 1.00 bits per heavy atom. The summed E-state index contributed by atoms with van der Waals surface area (Å²) in [7, 11) is 1.43. The number of benzene rings is 2. The first-order valence-electron chi connectivity index (χ1n) is 11.1. The minimum absolute atomic E-state index is 0.167. The minimum Gasteiger partial charge on any atom is -0.494 e. The number of methoxy groups -OCH3 is 1. The molecule has 0 N–H and O–H groups in total. The Morgan fingerprint density at radius 3 is 2.57 bits per heavy atom. The molecule has 2 aromatic rings. The van der Waals surface area contributed by atoms with Crippen LogP contribution in [0.5, 0.6) is 5.75 Å². The Morgan fingerprint density at radius 2 is 1.79 bits per heavy atom. The molecule has 28 heavy (non-hydrogen) atoms. The van der Waals surface area contributed by atoms with Gasteiger partial charge < -0.3 is 4.74 Å². The van der Waals surface area contributed by atoms with Crippen molar-refractivity contribution >= 4 is 10.8 Å². The van der Waals surface area contributed by atoms with Gasteiger partial charge in [-0.2, -0.15) is 0 Å². The Labute approximate surface area is 167 Å². The monoisotopic (exact) mass is 386 g/mol. The van der Waals surface area contributed by atoms with Crippen LogP contribution in [0.2, 0.25) is 0 Å². The van der Waals surface area contributed by atoms with Crippen LogP contribution in [-0.4, -0.2) is 7.11 Å². The predicted octanol–water partition coefficient (Wildman–Crippen LogP) is 7.62. The molecule has 2 fully saturated rings. The average molecular weight is 387 g/mol. The van der Waals surface area contributed by atoms with Gasteiger partial charge in [-0.15, -0.1) is 0 Å². The second-order valence-corrected chi connectivity index (χ2v) is 9.03. The number of fused-ring (bicyclic) bond motifs is 2. The van der Waals surface area contributed by atoms with Crippen LogP contribution in [-0.2, 0) is 0 Å². The molecule has 2 aliphatic carbocycles. The zero-order valence-corrected chi connectivity index (χ0v) is 17.1. The molecule has 152 valence electrons. The van der Waals surface area contributed by atoms with Crippen LogP contribution in [0.15, 0.2) is 24.3 Å². The molecule has 2 saturated carbocycles. The van der Waals surface area contributed by atoms with Crippen LogP contribution < -0.4 is 4.74 Å². The molecule has 2 aromatic carbocycles. The van der Waals surface area contributed by atoms with E-state index in [1.54, 1.807) is 6.07 Å². The van der Waals surface area contributed by atoms with E-state index >= 15 is 0 Å². The van der Waals surface area contributed by atoms with Gasteiger partial charge in [-0.1, -0.05) is 38.7 Å². The summed E-state index contributed by atoms with van der Waals surface area (Å²) in [5.74, 6) is 2.17. The van der Waals surface area contributed by atoms with E-state index < -0.39 is 5.82 Å². The molecule has 0 saturated heterocycles. The number of unbranched alkanes of at least 4 members (excludes halogenated alkanes) is 1. The molecule has 4 rings (SSSR count). The highest BCUT2D eigenvalue weighted by Gasteiger charge is 2.36. The first-order valence-corrected chi connectivity index (χ1v) is 11.1. The highest BCUT2D eigenvalue weighted by molar-refractivity contribution is 5.85. The molecule has 2 aliphatic rings. The summed E-state index contributed by atoms with van der Waals surface area (Å²) in [6.45, 7) is 2.27. The SMILES string of the molecule is CCCCC1CCC2CC(c3cc4ccc(OC)c(F)c4cc3F)CCC2C1. The molecule has 0 aromatic heterocycles. The van der Waals surface area contributed by atoms with Gasteiger partial charge in [-0.05, 0) is 84.9 Å². The molecule has 3 heteroatoms.